The fraction of sp³-hybridized carbons (Fsp3) is 0. The van der Waals surface area contributed by atoms with E-state index in [1.54, 1.807) is 6.07 Å². The maximum atomic E-state index is 11.0. The van der Waals surface area contributed by atoms with Crippen LogP contribution in [0.1, 0.15) is 10.4 Å². The van der Waals surface area contributed by atoms with Crippen LogP contribution in [0.4, 0.5) is 5.69 Å². The summed E-state index contributed by atoms with van der Waals surface area (Å²) in [4.78, 5) is 11.0. The third kappa shape index (κ3) is 3.16. The highest BCUT2D eigenvalue weighted by Gasteiger charge is 2.11. The first kappa shape index (κ1) is 14.7. The van der Waals surface area contributed by atoms with Crippen molar-refractivity contribution in [3.8, 4) is 22.6 Å². The van der Waals surface area contributed by atoms with Crippen molar-refractivity contribution in [1.29, 1.82) is 0 Å². The lowest BCUT2D eigenvalue weighted by Gasteiger charge is -2.12. The predicted octanol–water partition coefficient (Wildman–Crippen LogP) is 4.43. The molecule has 3 N–H and O–H groups in total. The summed E-state index contributed by atoms with van der Waals surface area (Å²) in [5.41, 5.74) is 7.99. The molecule has 0 aliphatic heterocycles. The molecule has 23 heavy (non-hydrogen) atoms. The largest absolute Gasteiger partial charge is 0.478 e. The van der Waals surface area contributed by atoms with E-state index in [9.17, 15) is 4.79 Å². The Balaban J connectivity index is 1.95. The van der Waals surface area contributed by atoms with Crippen LogP contribution in [-0.2, 0) is 0 Å². The summed E-state index contributed by atoms with van der Waals surface area (Å²) < 4.78 is 5.91. The minimum Gasteiger partial charge on any atom is -0.478 e. The van der Waals surface area contributed by atoms with E-state index in [1.165, 1.54) is 12.1 Å². The smallest absolute Gasteiger partial charge is 0.337 e. The maximum absolute atomic E-state index is 11.0. The first-order valence-corrected chi connectivity index (χ1v) is 7.10. The zero-order valence-electron chi connectivity index (χ0n) is 12.3. The van der Waals surface area contributed by atoms with Crippen LogP contribution in [0.15, 0.2) is 72.8 Å². The Labute approximate surface area is 133 Å². The number of rotatable bonds is 4. The number of carboxylic acid groups (broad SMARTS) is 1. The predicted molar refractivity (Wildman–Crippen MR) is 89.8 cm³/mol. The van der Waals surface area contributed by atoms with Gasteiger partial charge < -0.3 is 15.6 Å². The summed E-state index contributed by atoms with van der Waals surface area (Å²) in [6, 6.07) is 22.1. The topological polar surface area (TPSA) is 72.5 Å². The highest BCUT2D eigenvalue weighted by Crippen LogP contribution is 2.34. The van der Waals surface area contributed by atoms with E-state index in [4.69, 9.17) is 15.6 Å². The highest BCUT2D eigenvalue weighted by molar-refractivity contribution is 5.93. The quantitative estimate of drug-likeness (QED) is 0.700. The Morgan fingerprint density at radius 1 is 0.913 bits per heavy atom. The molecule has 0 atom stereocenters. The van der Waals surface area contributed by atoms with E-state index in [1.807, 2.05) is 54.6 Å². The number of hydrogen-bond acceptors (Lipinski definition) is 3. The van der Waals surface area contributed by atoms with Gasteiger partial charge in [0.2, 0.25) is 0 Å². The molecule has 0 radical (unpaired) electrons. The second-order valence-corrected chi connectivity index (χ2v) is 5.02. The number of hydrogen-bond donors (Lipinski definition) is 2. The molecule has 0 amide bonds. The minimum absolute atomic E-state index is 0.0636. The van der Waals surface area contributed by atoms with Crippen LogP contribution in [0, 0.1) is 0 Å². The molecule has 114 valence electrons. The van der Waals surface area contributed by atoms with Crippen LogP contribution in [0.2, 0.25) is 0 Å². The van der Waals surface area contributed by atoms with Crippen LogP contribution in [-0.4, -0.2) is 11.1 Å². The van der Waals surface area contributed by atoms with Gasteiger partial charge in [-0.05, 0) is 23.8 Å². The van der Waals surface area contributed by atoms with Gasteiger partial charge in [0.05, 0.1) is 5.56 Å². The molecule has 3 rings (SSSR count). The first-order valence-electron chi connectivity index (χ1n) is 7.10. The third-order valence-electron chi connectivity index (χ3n) is 3.45. The molecule has 0 aliphatic carbocycles. The highest BCUT2D eigenvalue weighted by atomic mass is 16.5. The average molecular weight is 305 g/mol. The number of aromatic carboxylic acids is 1. The normalized spacial score (nSPS) is 10.3. The molecule has 0 spiro atoms. The van der Waals surface area contributed by atoms with Gasteiger partial charge in [-0.25, -0.2) is 4.79 Å². The Kier molecular flexibility index (Phi) is 3.97. The summed E-state index contributed by atoms with van der Waals surface area (Å²) in [5.74, 6) is 0.121. The summed E-state index contributed by atoms with van der Waals surface area (Å²) >= 11 is 0. The Morgan fingerprint density at radius 2 is 1.61 bits per heavy atom. The zero-order valence-corrected chi connectivity index (χ0v) is 12.3. The molecule has 0 aromatic heterocycles. The van der Waals surface area contributed by atoms with Crippen LogP contribution >= 0.6 is 0 Å². The second-order valence-electron chi connectivity index (χ2n) is 5.02. The van der Waals surface area contributed by atoms with E-state index in [0.29, 0.717) is 11.5 Å². The summed E-state index contributed by atoms with van der Waals surface area (Å²) in [6.07, 6.45) is 0. The molecule has 0 heterocycles. The van der Waals surface area contributed by atoms with Crippen molar-refractivity contribution in [3.05, 3.63) is 78.4 Å². The van der Waals surface area contributed by atoms with E-state index in [-0.39, 0.29) is 11.3 Å². The number of carbonyl (C=O) groups is 1. The van der Waals surface area contributed by atoms with Gasteiger partial charge in [0.25, 0.3) is 0 Å². The Morgan fingerprint density at radius 3 is 2.30 bits per heavy atom. The van der Waals surface area contributed by atoms with E-state index < -0.39 is 5.97 Å². The number of nitrogen functional groups attached to an aromatic ring is 1. The van der Waals surface area contributed by atoms with Gasteiger partial charge in [-0.15, -0.1) is 0 Å². The number of carboxylic acids is 1. The van der Waals surface area contributed by atoms with Crippen LogP contribution in [0.3, 0.4) is 0 Å². The molecule has 3 aromatic rings. The molecule has 0 fully saturated rings. The van der Waals surface area contributed by atoms with Crippen molar-refractivity contribution < 1.29 is 14.6 Å². The summed E-state index contributed by atoms with van der Waals surface area (Å²) in [7, 11) is 0. The average Bonchev–Trinajstić information content (AvgIpc) is 2.56. The Hall–Kier alpha value is -3.27. The zero-order chi connectivity index (χ0) is 16.2. The first-order chi connectivity index (χ1) is 11.1. The van der Waals surface area contributed by atoms with Crippen molar-refractivity contribution in [1.82, 2.24) is 0 Å². The van der Waals surface area contributed by atoms with Crippen LogP contribution in [0.25, 0.3) is 11.1 Å². The molecule has 0 saturated carbocycles. The Bertz CT molecular complexity index is 844. The summed E-state index contributed by atoms with van der Waals surface area (Å²) in [6.45, 7) is 0. The number of nitrogens with two attached hydrogens (primary N) is 1. The molecule has 0 unspecified atom stereocenters. The maximum Gasteiger partial charge on any atom is 0.337 e. The lowest BCUT2D eigenvalue weighted by molar-refractivity contribution is 0.0698. The van der Waals surface area contributed by atoms with Gasteiger partial charge in [-0.1, -0.05) is 48.5 Å². The molecular weight excluding hydrogens is 290 g/mol. The van der Waals surface area contributed by atoms with Crippen molar-refractivity contribution in [3.63, 3.8) is 0 Å². The minimum atomic E-state index is -1.06. The van der Waals surface area contributed by atoms with Gasteiger partial charge in [0.15, 0.2) is 0 Å². The van der Waals surface area contributed by atoms with E-state index >= 15 is 0 Å². The standard InChI is InChI=1S/C19H15NO3/c20-17-12-14(10-11-16(17)19(21)22)23-18-9-5-4-8-15(18)13-6-2-1-3-7-13/h1-12H,20H2,(H,21,22). The number of anilines is 1. The van der Waals surface area contributed by atoms with Crippen LogP contribution in [0.5, 0.6) is 11.5 Å². The van der Waals surface area contributed by atoms with Gasteiger partial charge in [-0.2, -0.15) is 0 Å². The molecular formula is C19H15NO3. The van der Waals surface area contributed by atoms with Crippen molar-refractivity contribution in [2.75, 3.05) is 5.73 Å². The van der Waals surface area contributed by atoms with Gasteiger partial charge in [0, 0.05) is 17.3 Å². The third-order valence-corrected chi connectivity index (χ3v) is 3.45. The molecule has 3 aromatic carbocycles. The van der Waals surface area contributed by atoms with Crippen LogP contribution < -0.4 is 10.5 Å². The lowest BCUT2D eigenvalue weighted by atomic mass is 10.0. The molecule has 4 heteroatoms. The van der Waals surface area contributed by atoms with E-state index in [2.05, 4.69) is 0 Å². The van der Waals surface area contributed by atoms with E-state index in [0.717, 1.165) is 11.1 Å². The number of benzene rings is 3. The number of ether oxygens (including phenoxy) is 1. The van der Waals surface area contributed by atoms with Gasteiger partial charge >= 0.3 is 5.97 Å². The van der Waals surface area contributed by atoms with Gasteiger partial charge in [-0.3, -0.25) is 0 Å². The fourth-order valence-electron chi connectivity index (χ4n) is 2.34. The lowest BCUT2D eigenvalue weighted by Crippen LogP contribution is -2.02. The molecule has 0 aliphatic rings. The van der Waals surface area contributed by atoms with Gasteiger partial charge in [0.1, 0.15) is 11.5 Å². The number of para-hydroxylation sites is 1. The SMILES string of the molecule is Nc1cc(Oc2ccccc2-c2ccccc2)ccc1C(=O)O. The summed E-state index contributed by atoms with van der Waals surface area (Å²) in [5, 5.41) is 9.02. The fourth-order valence-corrected chi connectivity index (χ4v) is 2.34. The molecule has 0 bridgehead atoms. The molecule has 4 nitrogen and oxygen atoms in total. The monoisotopic (exact) mass is 305 g/mol. The van der Waals surface area contributed by atoms with Crippen molar-refractivity contribution in [2.24, 2.45) is 0 Å². The van der Waals surface area contributed by atoms with Crippen molar-refractivity contribution in [2.45, 2.75) is 0 Å². The second kappa shape index (κ2) is 6.23. The van der Waals surface area contributed by atoms with Crippen molar-refractivity contribution >= 4 is 11.7 Å². The molecule has 0 saturated heterocycles.